The predicted molar refractivity (Wildman–Crippen MR) is 105 cm³/mol. The number of hydrogen-bond donors (Lipinski definition) is 2. The monoisotopic (exact) mass is 376 g/mol. The van der Waals surface area contributed by atoms with Gasteiger partial charge in [-0.15, -0.1) is 0 Å². The summed E-state index contributed by atoms with van der Waals surface area (Å²) in [7, 11) is 0. The molecule has 2 aliphatic heterocycles. The van der Waals surface area contributed by atoms with Crippen molar-refractivity contribution in [2.45, 2.75) is 58.0 Å². The average Bonchev–Trinajstić information content (AvgIpc) is 2.94. The van der Waals surface area contributed by atoms with Gasteiger partial charge in [0.2, 0.25) is 0 Å². The first kappa shape index (κ1) is 21.4. The molecule has 6 nitrogen and oxygen atoms in total. The summed E-state index contributed by atoms with van der Waals surface area (Å²) in [5, 5.41) is 14.8. The number of benzene rings is 1. The van der Waals surface area contributed by atoms with E-state index in [1.54, 1.807) is 0 Å². The molecule has 6 heteroatoms. The maximum atomic E-state index is 9.10. The van der Waals surface area contributed by atoms with E-state index in [2.05, 4.69) is 41.0 Å². The molecular weight excluding hydrogens is 344 g/mol. The van der Waals surface area contributed by atoms with Crippen LogP contribution in [0.4, 0.5) is 0 Å². The van der Waals surface area contributed by atoms with Crippen LogP contribution < -0.4 is 0 Å². The minimum absolute atomic E-state index is 0.858. The van der Waals surface area contributed by atoms with Gasteiger partial charge in [0.1, 0.15) is 0 Å². The fourth-order valence-electron chi connectivity index (χ4n) is 3.93. The van der Waals surface area contributed by atoms with Crippen LogP contribution in [0.3, 0.4) is 0 Å². The van der Waals surface area contributed by atoms with Crippen LogP contribution in [0.2, 0.25) is 0 Å². The molecule has 0 saturated carbocycles. The number of aliphatic carboxylic acids is 2. The Balaban J connectivity index is 0.000000380. The van der Waals surface area contributed by atoms with Crippen LogP contribution in [0, 0.1) is 6.92 Å². The highest BCUT2D eigenvalue weighted by molar-refractivity contribution is 6.27. The maximum absolute atomic E-state index is 9.10. The van der Waals surface area contributed by atoms with Gasteiger partial charge in [-0.1, -0.05) is 37.1 Å². The smallest absolute Gasteiger partial charge is 0.414 e. The third-order valence-electron chi connectivity index (χ3n) is 5.55. The molecule has 3 rings (SSSR count). The van der Waals surface area contributed by atoms with Gasteiger partial charge in [-0.25, -0.2) is 9.59 Å². The van der Waals surface area contributed by atoms with Crippen molar-refractivity contribution in [3.63, 3.8) is 0 Å². The molecule has 0 aromatic heterocycles. The van der Waals surface area contributed by atoms with Gasteiger partial charge >= 0.3 is 11.9 Å². The SMILES string of the molecule is Cc1ccccc1CN1CCC(N2CCCCCC2)CC1.O=C(O)C(=O)O. The van der Waals surface area contributed by atoms with Gasteiger partial charge in [0, 0.05) is 12.6 Å². The summed E-state index contributed by atoms with van der Waals surface area (Å²) in [6.45, 7) is 8.62. The summed E-state index contributed by atoms with van der Waals surface area (Å²) < 4.78 is 0. The standard InChI is InChI=1S/C19H30N2.C2H2O4/c1-17-8-4-5-9-18(17)16-20-14-10-19(11-15-20)21-12-6-2-3-7-13-21;3-1(4)2(5)6/h4-5,8-9,19H,2-3,6-7,10-16H2,1H3;(H,3,4)(H,5,6). The zero-order valence-corrected chi connectivity index (χ0v) is 16.3. The van der Waals surface area contributed by atoms with Crippen molar-refractivity contribution in [3.05, 3.63) is 35.4 Å². The fraction of sp³-hybridized carbons (Fsp3) is 0.619. The molecule has 0 radical (unpaired) electrons. The number of carboxylic acid groups (broad SMARTS) is 2. The van der Waals surface area contributed by atoms with Crippen LogP contribution >= 0.6 is 0 Å². The number of hydrogen-bond acceptors (Lipinski definition) is 4. The maximum Gasteiger partial charge on any atom is 0.414 e. The number of piperidine rings is 1. The van der Waals surface area contributed by atoms with Gasteiger partial charge < -0.3 is 15.1 Å². The topological polar surface area (TPSA) is 81.1 Å². The summed E-state index contributed by atoms with van der Waals surface area (Å²) >= 11 is 0. The van der Waals surface area contributed by atoms with E-state index in [-0.39, 0.29) is 0 Å². The van der Waals surface area contributed by atoms with E-state index in [4.69, 9.17) is 19.8 Å². The second kappa shape index (κ2) is 11.0. The van der Waals surface area contributed by atoms with Gasteiger partial charge in [-0.2, -0.15) is 0 Å². The van der Waals surface area contributed by atoms with E-state index in [9.17, 15) is 0 Å². The lowest BCUT2D eigenvalue weighted by atomic mass is 10.0. The normalized spacial score (nSPS) is 19.6. The molecule has 1 aromatic rings. The largest absolute Gasteiger partial charge is 0.473 e. The predicted octanol–water partition coefficient (Wildman–Crippen LogP) is 2.99. The molecule has 0 unspecified atom stereocenters. The zero-order valence-electron chi connectivity index (χ0n) is 16.3. The molecule has 27 heavy (non-hydrogen) atoms. The Labute approximate surface area is 161 Å². The van der Waals surface area contributed by atoms with Gasteiger partial charge in [-0.3, -0.25) is 4.90 Å². The van der Waals surface area contributed by atoms with Crippen LogP contribution in [-0.4, -0.2) is 64.2 Å². The molecule has 0 amide bonds. The molecule has 0 spiro atoms. The number of carbonyl (C=O) groups is 2. The Bertz CT molecular complexity index is 592. The van der Waals surface area contributed by atoms with E-state index in [0.717, 1.165) is 12.6 Å². The van der Waals surface area contributed by atoms with Gasteiger partial charge in [0.25, 0.3) is 0 Å². The van der Waals surface area contributed by atoms with Gasteiger partial charge in [0.15, 0.2) is 0 Å². The summed E-state index contributed by atoms with van der Waals surface area (Å²) in [5.41, 5.74) is 2.94. The van der Waals surface area contributed by atoms with E-state index in [0.29, 0.717) is 0 Å². The van der Waals surface area contributed by atoms with Crippen LogP contribution in [0.25, 0.3) is 0 Å². The number of nitrogens with zero attached hydrogens (tertiary/aromatic N) is 2. The molecule has 2 saturated heterocycles. The minimum atomic E-state index is -1.82. The van der Waals surface area contributed by atoms with E-state index in [1.807, 2.05) is 0 Å². The van der Waals surface area contributed by atoms with Crippen LogP contribution in [0.1, 0.15) is 49.7 Å². The summed E-state index contributed by atoms with van der Waals surface area (Å²) in [6.07, 6.45) is 8.47. The third kappa shape index (κ3) is 7.31. The van der Waals surface area contributed by atoms with Crippen molar-refractivity contribution in [3.8, 4) is 0 Å². The molecule has 1 aromatic carbocycles. The first-order valence-electron chi connectivity index (χ1n) is 9.94. The lowest BCUT2D eigenvalue weighted by molar-refractivity contribution is -0.159. The van der Waals surface area contributed by atoms with Gasteiger partial charge in [-0.05, 0) is 69.9 Å². The van der Waals surface area contributed by atoms with Crippen molar-refractivity contribution in [1.29, 1.82) is 0 Å². The Morgan fingerprint density at radius 1 is 0.926 bits per heavy atom. The Morgan fingerprint density at radius 3 is 2.00 bits per heavy atom. The lowest BCUT2D eigenvalue weighted by Crippen LogP contribution is -2.45. The molecule has 150 valence electrons. The highest BCUT2D eigenvalue weighted by Gasteiger charge is 2.25. The number of aryl methyl sites for hydroxylation is 1. The molecule has 2 heterocycles. The highest BCUT2D eigenvalue weighted by Crippen LogP contribution is 2.22. The van der Waals surface area contributed by atoms with E-state index >= 15 is 0 Å². The number of rotatable bonds is 3. The molecule has 0 bridgehead atoms. The Morgan fingerprint density at radius 2 is 1.48 bits per heavy atom. The van der Waals surface area contributed by atoms with Crippen molar-refractivity contribution < 1.29 is 19.8 Å². The summed E-state index contributed by atoms with van der Waals surface area (Å²) in [6, 6.07) is 9.70. The van der Waals surface area contributed by atoms with Crippen LogP contribution in [0.15, 0.2) is 24.3 Å². The van der Waals surface area contributed by atoms with Crippen molar-refractivity contribution >= 4 is 11.9 Å². The van der Waals surface area contributed by atoms with E-state index < -0.39 is 11.9 Å². The first-order chi connectivity index (χ1) is 13.0. The summed E-state index contributed by atoms with van der Waals surface area (Å²) in [5.74, 6) is -3.65. The average molecular weight is 376 g/mol. The molecule has 0 atom stereocenters. The molecule has 2 N–H and O–H groups in total. The van der Waals surface area contributed by atoms with Crippen molar-refractivity contribution in [1.82, 2.24) is 9.80 Å². The quantitative estimate of drug-likeness (QED) is 0.790. The Kier molecular flexibility index (Phi) is 8.75. The Hall–Kier alpha value is -1.92. The minimum Gasteiger partial charge on any atom is -0.473 e. The fourth-order valence-corrected chi connectivity index (χ4v) is 3.93. The molecule has 2 fully saturated rings. The van der Waals surface area contributed by atoms with Gasteiger partial charge in [0.05, 0.1) is 0 Å². The molecular formula is C21H32N2O4. The summed E-state index contributed by atoms with van der Waals surface area (Å²) in [4.78, 5) is 23.6. The van der Waals surface area contributed by atoms with Crippen molar-refractivity contribution in [2.24, 2.45) is 0 Å². The van der Waals surface area contributed by atoms with Crippen LogP contribution in [-0.2, 0) is 16.1 Å². The highest BCUT2D eigenvalue weighted by atomic mass is 16.4. The zero-order chi connectivity index (χ0) is 19.6. The molecule has 0 aliphatic carbocycles. The first-order valence-corrected chi connectivity index (χ1v) is 9.94. The van der Waals surface area contributed by atoms with E-state index in [1.165, 1.54) is 75.8 Å². The lowest BCUT2D eigenvalue weighted by Gasteiger charge is -2.38. The third-order valence-corrected chi connectivity index (χ3v) is 5.55. The molecule has 2 aliphatic rings. The number of likely N-dealkylation sites (tertiary alicyclic amines) is 2. The van der Waals surface area contributed by atoms with Crippen molar-refractivity contribution in [2.75, 3.05) is 26.2 Å². The van der Waals surface area contributed by atoms with Crippen LogP contribution in [0.5, 0.6) is 0 Å². The second-order valence-corrected chi connectivity index (χ2v) is 7.49. The number of carboxylic acids is 2. The second-order valence-electron chi connectivity index (χ2n) is 7.49.